The van der Waals surface area contributed by atoms with Crippen LogP contribution < -0.4 is 5.73 Å². The summed E-state index contributed by atoms with van der Waals surface area (Å²) in [6, 6.07) is 0. The molecule has 8 nitrogen and oxygen atoms in total. The SMILES string of the molecule is Nc1ncnc2c1ncn2[C@@H]1O[C@H](CCS)C(O)C1O. The van der Waals surface area contributed by atoms with Crippen molar-refractivity contribution in [1.82, 2.24) is 19.5 Å². The van der Waals surface area contributed by atoms with Crippen LogP contribution in [0.2, 0.25) is 0 Å². The minimum atomic E-state index is -1.06. The Morgan fingerprint density at radius 3 is 2.85 bits per heavy atom. The zero-order chi connectivity index (χ0) is 14.3. The Kier molecular flexibility index (Phi) is 3.50. The number of anilines is 1. The molecule has 3 rings (SSSR count). The van der Waals surface area contributed by atoms with Gasteiger partial charge in [-0.25, -0.2) is 15.0 Å². The van der Waals surface area contributed by atoms with E-state index in [4.69, 9.17) is 10.5 Å². The molecular formula is C11H15N5O3S. The molecule has 0 saturated carbocycles. The Hall–Kier alpha value is -1.42. The van der Waals surface area contributed by atoms with Crippen molar-refractivity contribution in [2.24, 2.45) is 0 Å². The maximum absolute atomic E-state index is 10.1. The van der Waals surface area contributed by atoms with Gasteiger partial charge in [-0.1, -0.05) is 0 Å². The number of nitrogens with two attached hydrogens (primary N) is 1. The third kappa shape index (κ3) is 2.03. The van der Waals surface area contributed by atoms with Gasteiger partial charge in [-0.3, -0.25) is 4.57 Å². The average Bonchev–Trinajstić information content (AvgIpc) is 2.97. The molecule has 1 aliphatic rings. The van der Waals surface area contributed by atoms with Gasteiger partial charge in [0.2, 0.25) is 0 Å². The summed E-state index contributed by atoms with van der Waals surface area (Å²) in [7, 11) is 0. The van der Waals surface area contributed by atoms with Crippen molar-refractivity contribution in [2.75, 3.05) is 11.5 Å². The van der Waals surface area contributed by atoms with Crippen LogP contribution in [0, 0.1) is 0 Å². The summed E-state index contributed by atoms with van der Waals surface area (Å²) in [6.07, 6.45) is 0.0790. The Balaban J connectivity index is 1.97. The Morgan fingerprint density at radius 1 is 1.30 bits per heavy atom. The molecule has 0 aromatic carbocycles. The fourth-order valence-corrected chi connectivity index (χ4v) is 2.64. The first-order valence-corrected chi connectivity index (χ1v) is 6.82. The summed E-state index contributed by atoms with van der Waals surface area (Å²) in [5.41, 5.74) is 6.61. The third-order valence-corrected chi connectivity index (χ3v) is 3.67. The molecule has 0 spiro atoms. The molecule has 2 unspecified atom stereocenters. The van der Waals surface area contributed by atoms with Crippen LogP contribution >= 0.6 is 12.6 Å². The number of nitrogen functional groups attached to an aromatic ring is 1. The molecule has 9 heteroatoms. The molecule has 0 aliphatic carbocycles. The first-order chi connectivity index (χ1) is 9.63. The van der Waals surface area contributed by atoms with Crippen LogP contribution in [0.15, 0.2) is 12.7 Å². The van der Waals surface area contributed by atoms with Crippen LogP contribution in [-0.2, 0) is 4.74 Å². The molecule has 108 valence electrons. The Labute approximate surface area is 120 Å². The highest BCUT2D eigenvalue weighted by Gasteiger charge is 2.43. The van der Waals surface area contributed by atoms with Gasteiger partial charge in [0.15, 0.2) is 17.7 Å². The molecule has 3 heterocycles. The minimum Gasteiger partial charge on any atom is -0.388 e. The zero-order valence-corrected chi connectivity index (χ0v) is 11.4. The van der Waals surface area contributed by atoms with E-state index in [-0.39, 0.29) is 5.82 Å². The molecule has 20 heavy (non-hydrogen) atoms. The highest BCUT2D eigenvalue weighted by molar-refractivity contribution is 7.80. The number of ether oxygens (including phenoxy) is 1. The van der Waals surface area contributed by atoms with Gasteiger partial charge >= 0.3 is 0 Å². The fourth-order valence-electron chi connectivity index (χ4n) is 2.38. The van der Waals surface area contributed by atoms with Crippen molar-refractivity contribution in [3.8, 4) is 0 Å². The highest BCUT2D eigenvalue weighted by Crippen LogP contribution is 2.33. The predicted octanol–water partition coefficient (Wildman–Crippen LogP) is -0.652. The molecule has 1 aliphatic heterocycles. The second-order valence-corrected chi connectivity index (χ2v) is 5.09. The van der Waals surface area contributed by atoms with Gasteiger partial charge in [0.1, 0.15) is 24.1 Å². The second kappa shape index (κ2) is 5.17. The van der Waals surface area contributed by atoms with Gasteiger partial charge in [-0.15, -0.1) is 0 Å². The van der Waals surface area contributed by atoms with E-state index in [1.54, 1.807) is 4.57 Å². The summed E-state index contributed by atoms with van der Waals surface area (Å²) >= 11 is 4.11. The molecular weight excluding hydrogens is 282 g/mol. The van der Waals surface area contributed by atoms with E-state index in [9.17, 15) is 10.2 Å². The summed E-state index contributed by atoms with van der Waals surface area (Å²) in [6.45, 7) is 0. The standard InChI is InChI=1S/C11H15N5O3S/c12-9-6-10(14-3-13-9)16(4-15-6)11-8(18)7(17)5(19-11)1-2-20/h3-5,7-8,11,17-18,20H,1-2H2,(H2,12,13,14)/t5-,7?,8?,11-/m1/s1. The molecule has 0 amide bonds. The minimum absolute atomic E-state index is 0.258. The van der Waals surface area contributed by atoms with Crippen LogP contribution in [0.5, 0.6) is 0 Å². The lowest BCUT2D eigenvalue weighted by molar-refractivity contribution is -0.0352. The smallest absolute Gasteiger partial charge is 0.167 e. The number of hydrogen-bond donors (Lipinski definition) is 4. The van der Waals surface area contributed by atoms with E-state index in [1.165, 1.54) is 12.7 Å². The maximum atomic E-state index is 10.1. The topological polar surface area (TPSA) is 119 Å². The lowest BCUT2D eigenvalue weighted by atomic mass is 10.1. The lowest BCUT2D eigenvalue weighted by Crippen LogP contribution is -2.31. The van der Waals surface area contributed by atoms with Crippen LogP contribution in [0.3, 0.4) is 0 Å². The van der Waals surface area contributed by atoms with Crippen molar-refractivity contribution < 1.29 is 14.9 Å². The first-order valence-electron chi connectivity index (χ1n) is 6.19. The van der Waals surface area contributed by atoms with Crippen LogP contribution in [0.4, 0.5) is 5.82 Å². The molecule has 0 radical (unpaired) electrons. The third-order valence-electron chi connectivity index (χ3n) is 3.41. The number of aliphatic hydroxyl groups is 2. The first kappa shape index (κ1) is 13.6. The van der Waals surface area contributed by atoms with Gasteiger partial charge in [0.25, 0.3) is 0 Å². The molecule has 4 N–H and O–H groups in total. The number of hydrogen-bond acceptors (Lipinski definition) is 8. The van der Waals surface area contributed by atoms with E-state index in [1.807, 2.05) is 0 Å². The molecule has 1 saturated heterocycles. The normalized spacial score (nSPS) is 30.1. The number of aromatic nitrogens is 4. The molecule has 1 fully saturated rings. The lowest BCUT2D eigenvalue weighted by Gasteiger charge is -2.16. The van der Waals surface area contributed by atoms with Crippen molar-refractivity contribution in [3.05, 3.63) is 12.7 Å². The highest BCUT2D eigenvalue weighted by atomic mass is 32.1. The number of aliphatic hydroxyl groups excluding tert-OH is 2. The predicted molar refractivity (Wildman–Crippen MR) is 74.1 cm³/mol. The van der Waals surface area contributed by atoms with E-state index >= 15 is 0 Å². The number of rotatable bonds is 3. The molecule has 2 aromatic heterocycles. The van der Waals surface area contributed by atoms with Crippen molar-refractivity contribution in [3.63, 3.8) is 0 Å². The van der Waals surface area contributed by atoms with E-state index < -0.39 is 24.5 Å². The quantitative estimate of drug-likeness (QED) is 0.556. The summed E-state index contributed by atoms with van der Waals surface area (Å²) in [5.74, 6) is 0.815. The van der Waals surface area contributed by atoms with Gasteiger partial charge in [0, 0.05) is 0 Å². The van der Waals surface area contributed by atoms with E-state index in [0.29, 0.717) is 23.3 Å². The van der Waals surface area contributed by atoms with Gasteiger partial charge < -0.3 is 20.7 Å². The largest absolute Gasteiger partial charge is 0.388 e. The number of fused-ring (bicyclic) bond motifs is 1. The number of imidazole rings is 1. The molecule has 4 atom stereocenters. The van der Waals surface area contributed by atoms with Crippen LogP contribution in [0.1, 0.15) is 12.6 Å². The van der Waals surface area contributed by atoms with Gasteiger partial charge in [-0.2, -0.15) is 12.6 Å². The summed E-state index contributed by atoms with van der Waals surface area (Å²) in [5, 5.41) is 20.1. The van der Waals surface area contributed by atoms with E-state index in [0.717, 1.165) is 0 Å². The Bertz CT molecular complexity index is 621. The van der Waals surface area contributed by atoms with Gasteiger partial charge in [-0.05, 0) is 12.2 Å². The zero-order valence-electron chi connectivity index (χ0n) is 10.5. The monoisotopic (exact) mass is 297 g/mol. The van der Waals surface area contributed by atoms with Gasteiger partial charge in [0.05, 0.1) is 12.4 Å². The van der Waals surface area contributed by atoms with Crippen LogP contribution in [0.25, 0.3) is 11.2 Å². The van der Waals surface area contributed by atoms with E-state index in [2.05, 4.69) is 27.6 Å². The van der Waals surface area contributed by atoms with Crippen molar-refractivity contribution >= 4 is 29.6 Å². The summed E-state index contributed by atoms with van der Waals surface area (Å²) in [4.78, 5) is 12.1. The van der Waals surface area contributed by atoms with Crippen molar-refractivity contribution in [2.45, 2.75) is 31.0 Å². The van der Waals surface area contributed by atoms with Crippen molar-refractivity contribution in [1.29, 1.82) is 0 Å². The molecule has 2 aromatic rings. The number of nitrogens with zero attached hydrogens (tertiary/aromatic N) is 4. The number of thiol groups is 1. The van der Waals surface area contributed by atoms with Crippen LogP contribution in [-0.4, -0.2) is 53.8 Å². The molecule has 0 bridgehead atoms. The second-order valence-electron chi connectivity index (χ2n) is 4.64. The summed E-state index contributed by atoms with van der Waals surface area (Å²) < 4.78 is 7.25. The average molecular weight is 297 g/mol. The maximum Gasteiger partial charge on any atom is 0.167 e. The Morgan fingerprint density at radius 2 is 2.10 bits per heavy atom. The fraction of sp³-hybridized carbons (Fsp3) is 0.545.